The van der Waals surface area contributed by atoms with Crippen molar-refractivity contribution < 1.29 is 5.11 Å². The van der Waals surface area contributed by atoms with E-state index in [9.17, 15) is 5.11 Å². The summed E-state index contributed by atoms with van der Waals surface area (Å²) in [4.78, 5) is 2.48. The Morgan fingerprint density at radius 2 is 2.00 bits per heavy atom. The van der Waals surface area contributed by atoms with Crippen LogP contribution in [0.2, 0.25) is 0 Å². The quantitative estimate of drug-likeness (QED) is 0.843. The standard InChI is InChI=1S/C13H22N4O/c1-2-16-7-5-10(6-8-16)13-15-14-12-4-3-11(18)9-17(12)13/h10-11,18H,2-9H2,1H3. The maximum atomic E-state index is 9.79. The molecule has 1 fully saturated rings. The fraction of sp³-hybridized carbons (Fsp3) is 0.846. The van der Waals surface area contributed by atoms with Gasteiger partial charge in [-0.05, 0) is 38.9 Å². The van der Waals surface area contributed by atoms with Crippen LogP contribution >= 0.6 is 0 Å². The van der Waals surface area contributed by atoms with Crippen LogP contribution < -0.4 is 0 Å². The van der Waals surface area contributed by atoms with Crippen molar-refractivity contribution in [2.75, 3.05) is 19.6 Å². The molecule has 1 atom stereocenters. The summed E-state index contributed by atoms with van der Waals surface area (Å²) in [5, 5.41) is 18.5. The van der Waals surface area contributed by atoms with Crippen molar-refractivity contribution in [2.45, 2.75) is 51.2 Å². The lowest BCUT2D eigenvalue weighted by atomic mass is 9.95. The van der Waals surface area contributed by atoms with Crippen molar-refractivity contribution in [3.05, 3.63) is 11.6 Å². The molecule has 1 saturated heterocycles. The fourth-order valence-electron chi connectivity index (χ4n) is 3.14. The second-order valence-electron chi connectivity index (χ2n) is 5.49. The van der Waals surface area contributed by atoms with Crippen LogP contribution in [-0.4, -0.2) is 50.5 Å². The maximum absolute atomic E-state index is 9.79. The van der Waals surface area contributed by atoms with E-state index >= 15 is 0 Å². The van der Waals surface area contributed by atoms with Crippen molar-refractivity contribution >= 4 is 0 Å². The molecule has 0 bridgehead atoms. The number of aliphatic hydroxyl groups is 1. The molecule has 2 aliphatic rings. The molecule has 100 valence electrons. The summed E-state index contributed by atoms with van der Waals surface area (Å²) < 4.78 is 2.17. The number of aliphatic hydroxyl groups excluding tert-OH is 1. The molecule has 0 radical (unpaired) electrons. The van der Waals surface area contributed by atoms with Crippen LogP contribution in [0.15, 0.2) is 0 Å². The molecule has 0 amide bonds. The number of fused-ring (bicyclic) bond motifs is 1. The summed E-state index contributed by atoms with van der Waals surface area (Å²) in [6, 6.07) is 0. The normalized spacial score (nSPS) is 26.2. The number of hydrogen-bond donors (Lipinski definition) is 1. The van der Waals surface area contributed by atoms with Gasteiger partial charge in [-0.3, -0.25) is 0 Å². The minimum atomic E-state index is -0.219. The Balaban J connectivity index is 1.75. The van der Waals surface area contributed by atoms with Crippen molar-refractivity contribution in [2.24, 2.45) is 0 Å². The zero-order valence-electron chi connectivity index (χ0n) is 11.0. The summed E-state index contributed by atoms with van der Waals surface area (Å²) in [5.74, 6) is 2.70. The van der Waals surface area contributed by atoms with Gasteiger partial charge in [0.25, 0.3) is 0 Å². The van der Waals surface area contributed by atoms with Crippen LogP contribution in [0.3, 0.4) is 0 Å². The number of hydrogen-bond acceptors (Lipinski definition) is 4. The van der Waals surface area contributed by atoms with Crippen LogP contribution in [0, 0.1) is 0 Å². The Morgan fingerprint density at radius 1 is 1.22 bits per heavy atom. The Bertz CT molecular complexity index is 409. The average Bonchev–Trinajstić information content (AvgIpc) is 2.82. The lowest BCUT2D eigenvalue weighted by Crippen LogP contribution is -2.34. The molecule has 0 saturated carbocycles. The number of piperidine rings is 1. The first-order chi connectivity index (χ1) is 8.78. The molecule has 0 aliphatic carbocycles. The minimum absolute atomic E-state index is 0.219. The lowest BCUT2D eigenvalue weighted by molar-refractivity contribution is 0.127. The van der Waals surface area contributed by atoms with Gasteiger partial charge in [0.1, 0.15) is 11.6 Å². The molecular formula is C13H22N4O. The Kier molecular flexibility index (Phi) is 3.35. The Hall–Kier alpha value is -0.940. The molecule has 18 heavy (non-hydrogen) atoms. The molecule has 3 rings (SSSR count). The summed E-state index contributed by atoms with van der Waals surface area (Å²) in [6.45, 7) is 6.36. The van der Waals surface area contributed by atoms with E-state index in [1.54, 1.807) is 0 Å². The van der Waals surface area contributed by atoms with Crippen LogP contribution in [-0.2, 0) is 13.0 Å². The van der Waals surface area contributed by atoms with Gasteiger partial charge in [-0.2, -0.15) is 0 Å². The molecule has 1 aromatic heterocycles. The van der Waals surface area contributed by atoms with Crippen molar-refractivity contribution in [3.63, 3.8) is 0 Å². The third-order valence-electron chi connectivity index (χ3n) is 4.35. The van der Waals surface area contributed by atoms with Gasteiger partial charge in [0.05, 0.1) is 12.6 Å². The molecule has 1 aromatic rings. The number of rotatable bonds is 2. The Morgan fingerprint density at radius 3 is 2.72 bits per heavy atom. The molecular weight excluding hydrogens is 228 g/mol. The smallest absolute Gasteiger partial charge is 0.136 e. The molecule has 0 aromatic carbocycles. The SMILES string of the molecule is CCN1CCC(c2nnc3n2CC(O)CC3)CC1. The largest absolute Gasteiger partial charge is 0.391 e. The molecule has 5 heteroatoms. The monoisotopic (exact) mass is 250 g/mol. The third-order valence-corrected chi connectivity index (χ3v) is 4.35. The van der Waals surface area contributed by atoms with Gasteiger partial charge < -0.3 is 14.6 Å². The minimum Gasteiger partial charge on any atom is -0.391 e. The van der Waals surface area contributed by atoms with E-state index in [0.29, 0.717) is 12.5 Å². The molecule has 5 nitrogen and oxygen atoms in total. The van der Waals surface area contributed by atoms with Crippen LogP contribution in [0.5, 0.6) is 0 Å². The van der Waals surface area contributed by atoms with E-state index < -0.39 is 0 Å². The van der Waals surface area contributed by atoms with Crippen molar-refractivity contribution in [3.8, 4) is 0 Å². The summed E-state index contributed by atoms with van der Waals surface area (Å²) in [6.07, 6.45) is 3.81. The predicted octanol–water partition coefficient (Wildman–Crippen LogP) is 0.784. The number of likely N-dealkylation sites (tertiary alicyclic amines) is 1. The average molecular weight is 250 g/mol. The van der Waals surface area contributed by atoms with Gasteiger partial charge in [-0.1, -0.05) is 6.92 Å². The highest BCUT2D eigenvalue weighted by molar-refractivity contribution is 5.06. The van der Waals surface area contributed by atoms with Crippen LogP contribution in [0.1, 0.15) is 43.8 Å². The first-order valence-corrected chi connectivity index (χ1v) is 7.10. The Labute approximate surface area is 108 Å². The molecule has 1 unspecified atom stereocenters. The van der Waals surface area contributed by atoms with Gasteiger partial charge in [0.2, 0.25) is 0 Å². The van der Waals surface area contributed by atoms with Crippen molar-refractivity contribution in [1.82, 2.24) is 19.7 Å². The zero-order valence-corrected chi connectivity index (χ0v) is 11.0. The summed E-state index contributed by atoms with van der Waals surface area (Å²) in [5.41, 5.74) is 0. The van der Waals surface area contributed by atoms with Gasteiger partial charge in [0.15, 0.2) is 0 Å². The maximum Gasteiger partial charge on any atom is 0.136 e. The summed E-state index contributed by atoms with van der Waals surface area (Å²) in [7, 11) is 0. The fourth-order valence-corrected chi connectivity index (χ4v) is 3.14. The molecule has 2 aliphatic heterocycles. The van der Waals surface area contributed by atoms with Gasteiger partial charge in [-0.25, -0.2) is 0 Å². The van der Waals surface area contributed by atoms with Crippen molar-refractivity contribution in [1.29, 1.82) is 0 Å². The van der Waals surface area contributed by atoms with E-state index in [4.69, 9.17) is 0 Å². The highest BCUT2D eigenvalue weighted by atomic mass is 16.3. The number of aryl methyl sites for hydroxylation is 1. The van der Waals surface area contributed by atoms with E-state index in [-0.39, 0.29) is 6.10 Å². The predicted molar refractivity (Wildman–Crippen MR) is 68.4 cm³/mol. The molecule has 0 spiro atoms. The highest BCUT2D eigenvalue weighted by Gasteiger charge is 2.28. The summed E-state index contributed by atoms with van der Waals surface area (Å²) >= 11 is 0. The number of aromatic nitrogens is 3. The lowest BCUT2D eigenvalue weighted by Gasteiger charge is -2.31. The van der Waals surface area contributed by atoms with Crippen LogP contribution in [0.4, 0.5) is 0 Å². The van der Waals surface area contributed by atoms with E-state index in [2.05, 4.69) is 26.6 Å². The van der Waals surface area contributed by atoms with Gasteiger partial charge >= 0.3 is 0 Å². The number of nitrogens with zero attached hydrogens (tertiary/aromatic N) is 4. The molecule has 1 N–H and O–H groups in total. The van der Waals surface area contributed by atoms with E-state index in [1.807, 2.05) is 0 Å². The van der Waals surface area contributed by atoms with E-state index in [0.717, 1.165) is 44.1 Å². The molecule has 3 heterocycles. The highest BCUT2D eigenvalue weighted by Crippen LogP contribution is 2.28. The van der Waals surface area contributed by atoms with Gasteiger partial charge in [-0.15, -0.1) is 10.2 Å². The second-order valence-corrected chi connectivity index (χ2v) is 5.49. The zero-order chi connectivity index (χ0) is 12.5. The van der Waals surface area contributed by atoms with Gasteiger partial charge in [0, 0.05) is 12.3 Å². The third kappa shape index (κ3) is 2.17. The van der Waals surface area contributed by atoms with E-state index in [1.165, 1.54) is 12.8 Å². The first-order valence-electron chi connectivity index (χ1n) is 7.10. The first kappa shape index (κ1) is 12.1. The topological polar surface area (TPSA) is 54.2 Å². The second kappa shape index (κ2) is 4.97. The van der Waals surface area contributed by atoms with Crippen LogP contribution in [0.25, 0.3) is 0 Å².